The molecule has 2 N–H and O–H groups in total. The summed E-state index contributed by atoms with van der Waals surface area (Å²) in [6.07, 6.45) is 1.42. The number of anilines is 1. The highest BCUT2D eigenvalue weighted by atomic mass is 32.2. The fourth-order valence-electron chi connectivity index (χ4n) is 2.42. The van der Waals surface area contributed by atoms with Crippen LogP contribution in [0.4, 0.5) is 5.69 Å². The third-order valence-electron chi connectivity index (χ3n) is 4.21. The number of aryl methyl sites for hydroxylation is 1. The molecule has 25 heavy (non-hydrogen) atoms. The monoisotopic (exact) mass is 361 g/mol. The molecule has 134 valence electrons. The van der Waals surface area contributed by atoms with E-state index >= 15 is 0 Å². The summed E-state index contributed by atoms with van der Waals surface area (Å²) >= 11 is 0. The minimum atomic E-state index is -3.67. The van der Waals surface area contributed by atoms with E-state index in [0.717, 1.165) is 12.0 Å². The summed E-state index contributed by atoms with van der Waals surface area (Å²) < 4.78 is 27.5. The Morgan fingerprint density at radius 2 is 1.68 bits per heavy atom. The number of carbonyl (C=O) groups is 1. The van der Waals surface area contributed by atoms with Crippen LogP contribution in [0, 0.1) is 0 Å². The first-order valence-corrected chi connectivity index (χ1v) is 9.73. The van der Waals surface area contributed by atoms with Crippen molar-refractivity contribution in [3.63, 3.8) is 0 Å². The van der Waals surface area contributed by atoms with E-state index in [0.29, 0.717) is 18.0 Å². The van der Waals surface area contributed by atoms with Gasteiger partial charge in [0, 0.05) is 12.1 Å². The second-order valence-corrected chi connectivity index (χ2v) is 7.76. The first kappa shape index (κ1) is 19.0. The molecule has 0 saturated heterocycles. The molecule has 0 aliphatic rings. The molecule has 0 aromatic heterocycles. The number of sulfonamides is 1. The summed E-state index contributed by atoms with van der Waals surface area (Å²) in [5.41, 5.74) is 2.48. The highest BCUT2D eigenvalue weighted by Gasteiger charge is 2.14. The van der Waals surface area contributed by atoms with Gasteiger partial charge in [0.25, 0.3) is 10.0 Å². The summed E-state index contributed by atoms with van der Waals surface area (Å²) in [4.78, 5) is 10.7. The van der Waals surface area contributed by atoms with E-state index in [4.69, 9.17) is 5.11 Å². The van der Waals surface area contributed by atoms with Crippen LogP contribution >= 0.6 is 0 Å². The third-order valence-corrected chi connectivity index (χ3v) is 5.60. The Balaban J connectivity index is 2.09. The molecule has 2 aromatic rings. The van der Waals surface area contributed by atoms with Crippen LogP contribution in [0.15, 0.2) is 53.4 Å². The fraction of sp³-hybridized carbons (Fsp3) is 0.316. The van der Waals surface area contributed by atoms with Gasteiger partial charge in [-0.3, -0.25) is 9.52 Å². The number of benzene rings is 2. The molecule has 0 heterocycles. The van der Waals surface area contributed by atoms with Gasteiger partial charge >= 0.3 is 5.97 Å². The maximum Gasteiger partial charge on any atom is 0.303 e. The van der Waals surface area contributed by atoms with Crippen LogP contribution in [0.1, 0.15) is 43.7 Å². The molecule has 0 bridgehead atoms. The van der Waals surface area contributed by atoms with E-state index in [1.54, 1.807) is 24.3 Å². The minimum Gasteiger partial charge on any atom is -0.481 e. The minimum absolute atomic E-state index is 0.0207. The molecule has 0 fully saturated rings. The lowest BCUT2D eigenvalue weighted by Crippen LogP contribution is -2.13. The number of aliphatic carboxylic acids is 1. The van der Waals surface area contributed by atoms with E-state index in [1.165, 1.54) is 17.7 Å². The summed E-state index contributed by atoms with van der Waals surface area (Å²) in [5, 5.41) is 8.69. The van der Waals surface area contributed by atoms with Gasteiger partial charge in [-0.05, 0) is 54.2 Å². The maximum atomic E-state index is 12.4. The number of hydrogen-bond acceptors (Lipinski definition) is 3. The van der Waals surface area contributed by atoms with Crippen molar-refractivity contribution in [2.45, 2.75) is 43.9 Å². The standard InChI is InChI=1S/C19H23NO4S/c1-3-14(2)16-7-9-17(10-8-16)20-25(23,24)18-11-4-15(5-12-18)6-13-19(21)22/h4-5,7-12,14,20H,3,6,13H2,1-2H3,(H,21,22)/t14-/m1/s1. The molecule has 1 atom stereocenters. The van der Waals surface area contributed by atoms with Crippen LogP contribution < -0.4 is 4.72 Å². The van der Waals surface area contributed by atoms with Crippen LogP contribution in [0.25, 0.3) is 0 Å². The Bertz CT molecular complexity index is 812. The number of hydrogen-bond donors (Lipinski definition) is 2. The van der Waals surface area contributed by atoms with Crippen molar-refractivity contribution in [3.8, 4) is 0 Å². The van der Waals surface area contributed by atoms with Crippen LogP contribution in [-0.4, -0.2) is 19.5 Å². The topological polar surface area (TPSA) is 83.5 Å². The lowest BCUT2D eigenvalue weighted by atomic mass is 9.99. The summed E-state index contributed by atoms with van der Waals surface area (Å²) in [5.74, 6) is -0.441. The molecule has 0 spiro atoms. The van der Waals surface area contributed by atoms with E-state index in [2.05, 4.69) is 18.6 Å². The summed E-state index contributed by atoms with van der Waals surface area (Å²) in [7, 11) is -3.67. The van der Waals surface area contributed by atoms with Crippen molar-refractivity contribution in [2.75, 3.05) is 4.72 Å². The lowest BCUT2D eigenvalue weighted by molar-refractivity contribution is -0.136. The Hall–Kier alpha value is -2.34. The Morgan fingerprint density at radius 3 is 2.20 bits per heavy atom. The zero-order chi connectivity index (χ0) is 18.4. The molecule has 0 unspecified atom stereocenters. The van der Waals surface area contributed by atoms with Crippen molar-refractivity contribution in [2.24, 2.45) is 0 Å². The predicted octanol–water partition coefficient (Wildman–Crippen LogP) is 4.02. The Labute approximate surface area is 148 Å². The number of nitrogens with one attached hydrogen (secondary N) is 1. The van der Waals surface area contributed by atoms with E-state index in [1.807, 2.05) is 12.1 Å². The largest absolute Gasteiger partial charge is 0.481 e. The smallest absolute Gasteiger partial charge is 0.303 e. The number of rotatable bonds is 8. The van der Waals surface area contributed by atoms with Gasteiger partial charge in [0.15, 0.2) is 0 Å². The van der Waals surface area contributed by atoms with Gasteiger partial charge in [-0.25, -0.2) is 8.42 Å². The van der Waals surface area contributed by atoms with Gasteiger partial charge in [0.1, 0.15) is 0 Å². The molecular weight excluding hydrogens is 338 g/mol. The molecule has 2 rings (SSSR count). The molecule has 0 radical (unpaired) electrons. The van der Waals surface area contributed by atoms with Crippen molar-refractivity contribution < 1.29 is 18.3 Å². The van der Waals surface area contributed by atoms with E-state index < -0.39 is 16.0 Å². The lowest BCUT2D eigenvalue weighted by Gasteiger charge is -2.12. The van der Waals surface area contributed by atoms with Crippen molar-refractivity contribution >= 4 is 21.7 Å². The average Bonchev–Trinajstić information content (AvgIpc) is 2.60. The van der Waals surface area contributed by atoms with E-state index in [-0.39, 0.29) is 11.3 Å². The summed E-state index contributed by atoms with van der Waals surface area (Å²) in [6, 6.07) is 13.7. The van der Waals surface area contributed by atoms with Gasteiger partial charge in [-0.2, -0.15) is 0 Å². The molecule has 2 aromatic carbocycles. The first-order valence-electron chi connectivity index (χ1n) is 8.25. The highest BCUT2D eigenvalue weighted by molar-refractivity contribution is 7.92. The van der Waals surface area contributed by atoms with Crippen molar-refractivity contribution in [1.29, 1.82) is 0 Å². The maximum absolute atomic E-state index is 12.4. The molecular formula is C19H23NO4S. The molecule has 5 nitrogen and oxygen atoms in total. The SMILES string of the molecule is CC[C@@H](C)c1ccc(NS(=O)(=O)c2ccc(CCC(=O)O)cc2)cc1. The summed E-state index contributed by atoms with van der Waals surface area (Å²) in [6.45, 7) is 4.24. The van der Waals surface area contributed by atoms with E-state index in [9.17, 15) is 13.2 Å². The zero-order valence-corrected chi connectivity index (χ0v) is 15.2. The van der Waals surface area contributed by atoms with Gasteiger partial charge in [-0.1, -0.05) is 38.1 Å². The molecule has 0 aliphatic carbocycles. The fourth-order valence-corrected chi connectivity index (χ4v) is 3.47. The van der Waals surface area contributed by atoms with Crippen molar-refractivity contribution in [1.82, 2.24) is 0 Å². The second-order valence-electron chi connectivity index (χ2n) is 6.07. The molecule has 0 saturated carbocycles. The number of carboxylic acid groups (broad SMARTS) is 1. The normalized spacial score (nSPS) is 12.6. The van der Waals surface area contributed by atoms with Gasteiger partial charge in [-0.15, -0.1) is 0 Å². The Kier molecular flexibility index (Phi) is 6.20. The second kappa shape index (κ2) is 8.16. The van der Waals surface area contributed by atoms with Gasteiger partial charge in [0.2, 0.25) is 0 Å². The van der Waals surface area contributed by atoms with Crippen LogP contribution in [0.2, 0.25) is 0 Å². The third kappa shape index (κ3) is 5.32. The van der Waals surface area contributed by atoms with Gasteiger partial charge < -0.3 is 5.11 Å². The Morgan fingerprint density at radius 1 is 1.08 bits per heavy atom. The van der Waals surface area contributed by atoms with Crippen molar-refractivity contribution in [3.05, 3.63) is 59.7 Å². The van der Waals surface area contributed by atoms with Crippen LogP contribution in [0.5, 0.6) is 0 Å². The van der Waals surface area contributed by atoms with Crippen LogP contribution in [0.3, 0.4) is 0 Å². The molecule has 0 aliphatic heterocycles. The quantitative estimate of drug-likeness (QED) is 0.744. The average molecular weight is 361 g/mol. The highest BCUT2D eigenvalue weighted by Crippen LogP contribution is 2.22. The molecule has 6 heteroatoms. The first-order chi connectivity index (χ1) is 11.8. The zero-order valence-electron chi connectivity index (χ0n) is 14.4. The van der Waals surface area contributed by atoms with Gasteiger partial charge in [0.05, 0.1) is 4.90 Å². The molecule has 0 amide bonds. The number of carboxylic acids is 1. The van der Waals surface area contributed by atoms with Crippen LogP contribution in [-0.2, 0) is 21.2 Å². The predicted molar refractivity (Wildman–Crippen MR) is 98.4 cm³/mol.